The smallest absolute Gasteiger partial charge is 0.370 e. The third kappa shape index (κ3) is 1.87. The van der Waals surface area contributed by atoms with E-state index in [4.69, 9.17) is 0 Å². The number of halogens is 2. The molecule has 0 aliphatic rings. The number of hydrogen-bond donors (Lipinski definition) is 0. The van der Waals surface area contributed by atoms with Crippen molar-refractivity contribution in [1.82, 2.24) is 0 Å². The van der Waals surface area contributed by atoms with Crippen molar-refractivity contribution in [2.24, 2.45) is 0 Å². The van der Waals surface area contributed by atoms with Gasteiger partial charge in [0.2, 0.25) is 0 Å². The van der Waals surface area contributed by atoms with Crippen molar-refractivity contribution in [2.75, 3.05) is 7.11 Å². The Kier molecular flexibility index (Phi) is 2.14. The van der Waals surface area contributed by atoms with E-state index in [0.717, 1.165) is 21.0 Å². The molecule has 0 amide bonds. The van der Waals surface area contributed by atoms with Crippen LogP contribution >= 0.6 is 0 Å². The lowest BCUT2D eigenvalue weighted by molar-refractivity contribution is -0.331. The topological polar surface area (TPSA) is 29.1 Å². The molecule has 0 saturated heterocycles. The zero-order valence-corrected chi connectivity index (χ0v) is 5.57. The standard InChI is InChI=1S/C5H9F2O2/c1-4(2,9-3)5(6,7)8/h1-3H3. The van der Waals surface area contributed by atoms with Crippen LogP contribution in [0.25, 0.3) is 0 Å². The van der Waals surface area contributed by atoms with Gasteiger partial charge in [0.05, 0.1) is 0 Å². The van der Waals surface area contributed by atoms with Gasteiger partial charge in [-0.15, -0.1) is 0 Å². The summed E-state index contributed by atoms with van der Waals surface area (Å²) in [6.07, 6.45) is -4.03. The maximum Gasteiger partial charge on any atom is 0.409 e. The van der Waals surface area contributed by atoms with Crippen LogP contribution in [0.15, 0.2) is 0 Å². The van der Waals surface area contributed by atoms with Gasteiger partial charge in [-0.3, -0.25) is 0 Å². The zero-order valence-electron chi connectivity index (χ0n) is 5.57. The molecule has 9 heavy (non-hydrogen) atoms. The van der Waals surface area contributed by atoms with Gasteiger partial charge in [0.15, 0.2) is 5.60 Å². The first kappa shape index (κ1) is 8.78. The van der Waals surface area contributed by atoms with Crippen LogP contribution < -0.4 is 0 Å². The molecule has 0 saturated carbocycles. The van der Waals surface area contributed by atoms with E-state index in [-0.39, 0.29) is 0 Å². The second-order valence-electron chi connectivity index (χ2n) is 2.23. The van der Waals surface area contributed by atoms with Crippen molar-refractivity contribution in [2.45, 2.75) is 25.6 Å². The second-order valence-corrected chi connectivity index (χ2v) is 2.23. The van der Waals surface area contributed by atoms with E-state index in [1.54, 1.807) is 0 Å². The van der Waals surface area contributed by atoms with Crippen LogP contribution in [0.1, 0.15) is 13.8 Å². The SMILES string of the molecule is COC(C)(C)C([O])(F)F. The Bertz CT molecular complexity index is 95.6. The summed E-state index contributed by atoms with van der Waals surface area (Å²) in [6, 6.07) is 0. The van der Waals surface area contributed by atoms with E-state index >= 15 is 0 Å². The van der Waals surface area contributed by atoms with Crippen molar-refractivity contribution in [3.8, 4) is 0 Å². The first-order valence-electron chi connectivity index (χ1n) is 2.44. The van der Waals surface area contributed by atoms with Crippen molar-refractivity contribution < 1.29 is 18.6 Å². The molecule has 0 fully saturated rings. The highest BCUT2D eigenvalue weighted by atomic mass is 19.3. The Labute approximate surface area is 52.4 Å². The molecule has 0 bridgehead atoms. The van der Waals surface area contributed by atoms with Crippen molar-refractivity contribution in [3.63, 3.8) is 0 Å². The lowest BCUT2D eigenvalue weighted by atomic mass is 10.1. The molecule has 0 aromatic carbocycles. The average molecular weight is 139 g/mol. The minimum Gasteiger partial charge on any atom is -0.370 e. The Morgan fingerprint density at radius 2 is 1.67 bits per heavy atom. The molecule has 0 N–H and O–H groups in total. The zero-order chi connectivity index (χ0) is 7.71. The minimum atomic E-state index is -4.03. The van der Waals surface area contributed by atoms with Crippen molar-refractivity contribution in [3.05, 3.63) is 0 Å². The maximum absolute atomic E-state index is 11.8. The summed E-state index contributed by atoms with van der Waals surface area (Å²) in [6.45, 7) is 2.08. The number of hydrogen-bond acceptors (Lipinski definition) is 1. The van der Waals surface area contributed by atoms with Crippen LogP contribution in [-0.4, -0.2) is 18.8 Å². The summed E-state index contributed by atoms with van der Waals surface area (Å²) in [5, 5.41) is 9.90. The number of rotatable bonds is 2. The number of ether oxygens (including phenoxy) is 1. The van der Waals surface area contributed by atoms with Gasteiger partial charge in [-0.1, -0.05) is 0 Å². The molecular formula is C5H9F2O2. The van der Waals surface area contributed by atoms with E-state index in [1.807, 2.05) is 0 Å². The largest absolute Gasteiger partial charge is 0.409 e. The van der Waals surface area contributed by atoms with Crippen LogP contribution in [0, 0.1) is 0 Å². The van der Waals surface area contributed by atoms with E-state index in [1.165, 1.54) is 0 Å². The molecule has 0 aromatic rings. The molecule has 2 nitrogen and oxygen atoms in total. The number of methoxy groups -OCH3 is 1. The highest BCUT2D eigenvalue weighted by Gasteiger charge is 2.47. The second kappa shape index (κ2) is 2.19. The monoisotopic (exact) mass is 139 g/mol. The fraction of sp³-hybridized carbons (Fsp3) is 1.00. The quantitative estimate of drug-likeness (QED) is 0.569. The Hall–Kier alpha value is -0.220. The normalized spacial score (nSPS) is 14.0. The van der Waals surface area contributed by atoms with Crippen molar-refractivity contribution >= 4 is 0 Å². The van der Waals surface area contributed by atoms with Crippen LogP contribution in [-0.2, 0) is 9.84 Å². The molecule has 1 radical (unpaired) electrons. The van der Waals surface area contributed by atoms with E-state index in [9.17, 15) is 13.9 Å². The summed E-state index contributed by atoms with van der Waals surface area (Å²) in [5.41, 5.74) is -1.91. The fourth-order valence-electron chi connectivity index (χ4n) is 0.119. The van der Waals surface area contributed by atoms with Crippen LogP contribution in [0.3, 0.4) is 0 Å². The molecule has 0 aliphatic carbocycles. The van der Waals surface area contributed by atoms with Gasteiger partial charge in [0, 0.05) is 7.11 Å². The number of alkyl halides is 2. The Morgan fingerprint density at radius 1 is 1.33 bits per heavy atom. The fourth-order valence-corrected chi connectivity index (χ4v) is 0.119. The first-order valence-corrected chi connectivity index (χ1v) is 2.44. The molecule has 0 rings (SSSR count). The summed E-state index contributed by atoms with van der Waals surface area (Å²) >= 11 is 0. The molecule has 0 heterocycles. The van der Waals surface area contributed by atoms with Crippen LogP contribution in [0.5, 0.6) is 0 Å². The van der Waals surface area contributed by atoms with Crippen LogP contribution in [0.4, 0.5) is 8.78 Å². The Morgan fingerprint density at radius 3 is 1.67 bits per heavy atom. The van der Waals surface area contributed by atoms with E-state index in [2.05, 4.69) is 4.74 Å². The summed E-state index contributed by atoms with van der Waals surface area (Å²) in [5.74, 6) is 0. The molecule has 0 spiro atoms. The summed E-state index contributed by atoms with van der Waals surface area (Å²) < 4.78 is 27.9. The predicted octanol–water partition coefficient (Wildman–Crippen LogP) is 1.43. The molecule has 55 valence electrons. The predicted molar refractivity (Wildman–Crippen MR) is 26.7 cm³/mol. The van der Waals surface area contributed by atoms with Gasteiger partial charge in [-0.2, -0.15) is 13.9 Å². The van der Waals surface area contributed by atoms with E-state index < -0.39 is 11.7 Å². The highest BCUT2D eigenvalue weighted by Crippen LogP contribution is 2.28. The van der Waals surface area contributed by atoms with Gasteiger partial charge in [-0.05, 0) is 13.8 Å². The van der Waals surface area contributed by atoms with Gasteiger partial charge in [0.25, 0.3) is 0 Å². The van der Waals surface area contributed by atoms with Crippen LogP contribution in [0.2, 0.25) is 0 Å². The molecule has 4 heteroatoms. The third-order valence-electron chi connectivity index (χ3n) is 1.21. The third-order valence-corrected chi connectivity index (χ3v) is 1.21. The lowest BCUT2D eigenvalue weighted by Crippen LogP contribution is -2.43. The Balaban J connectivity index is 4.14. The molecule has 0 aliphatic heterocycles. The average Bonchev–Trinajstić information content (AvgIpc) is 1.64. The van der Waals surface area contributed by atoms with Gasteiger partial charge in [-0.25, -0.2) is 0 Å². The van der Waals surface area contributed by atoms with E-state index in [0.29, 0.717) is 0 Å². The minimum absolute atomic E-state index is 1.04. The molecular weight excluding hydrogens is 130 g/mol. The first-order chi connectivity index (χ1) is 3.81. The molecule has 0 unspecified atom stereocenters. The summed E-state index contributed by atoms with van der Waals surface area (Å²) in [7, 11) is 1.08. The molecule has 0 aromatic heterocycles. The van der Waals surface area contributed by atoms with Gasteiger partial charge in [0.1, 0.15) is 0 Å². The van der Waals surface area contributed by atoms with Gasteiger partial charge >= 0.3 is 6.11 Å². The highest BCUT2D eigenvalue weighted by molar-refractivity contribution is 4.75. The molecule has 0 atom stereocenters. The van der Waals surface area contributed by atoms with Crippen molar-refractivity contribution in [1.29, 1.82) is 0 Å². The summed E-state index contributed by atoms with van der Waals surface area (Å²) in [4.78, 5) is 0. The van der Waals surface area contributed by atoms with Gasteiger partial charge < -0.3 is 4.74 Å². The lowest BCUT2D eigenvalue weighted by Gasteiger charge is -2.25. The maximum atomic E-state index is 11.8.